The Bertz CT molecular complexity index is 213. The van der Waals surface area contributed by atoms with Crippen molar-refractivity contribution in [1.29, 1.82) is 0 Å². The minimum absolute atomic E-state index is 0. The molecule has 0 amide bonds. The zero-order chi connectivity index (χ0) is 14.9. The van der Waals surface area contributed by atoms with Gasteiger partial charge in [0.25, 0.3) is 0 Å². The summed E-state index contributed by atoms with van der Waals surface area (Å²) in [4.78, 5) is 10.3. The summed E-state index contributed by atoms with van der Waals surface area (Å²) in [6.45, 7) is 2.27. The summed E-state index contributed by atoms with van der Waals surface area (Å²) >= 11 is 0. The van der Waals surface area contributed by atoms with Gasteiger partial charge in [-0.1, -0.05) is 96.8 Å². The zero-order valence-electron chi connectivity index (χ0n) is 14.4. The molecular weight excluding hydrogens is 593 g/mol. The van der Waals surface area contributed by atoms with Crippen molar-refractivity contribution >= 4 is 82.1 Å². The Balaban J connectivity index is -0.00000180. The Kier molecular flexibility index (Phi) is 32.9. The van der Waals surface area contributed by atoms with Crippen LogP contribution in [0.4, 0.5) is 0 Å². The number of aliphatic carboxylic acids is 1. The Labute approximate surface area is 199 Å². The summed E-state index contributed by atoms with van der Waals surface area (Å²) in [5.41, 5.74) is 0. The first-order chi connectivity index (χ1) is 9.77. The molecule has 0 spiro atoms. The van der Waals surface area contributed by atoms with Crippen LogP contribution in [0.15, 0.2) is 0 Å². The van der Waals surface area contributed by atoms with E-state index in [2.05, 4.69) is 6.92 Å². The van der Waals surface area contributed by atoms with Gasteiger partial charge in [-0.25, -0.2) is 0 Å². The molecule has 0 heterocycles. The number of carboxylic acids is 1. The number of hydrogen-bond donors (Lipinski definition) is 1. The first-order valence-corrected chi connectivity index (χ1v) is 8.99. The molecule has 0 aromatic heterocycles. The Morgan fingerprint density at radius 1 is 0.636 bits per heavy atom. The molecule has 0 aliphatic carbocycles. The number of carbonyl (C=O) groups is 1. The van der Waals surface area contributed by atoms with Crippen LogP contribution in [-0.2, 0) is 4.79 Å². The van der Waals surface area contributed by atoms with Gasteiger partial charge in [0.15, 0.2) is 0 Å². The van der Waals surface area contributed by atoms with Crippen LogP contribution in [0.25, 0.3) is 0 Å². The van der Waals surface area contributed by atoms with Gasteiger partial charge in [-0.2, -0.15) is 0 Å². The average molecular weight is 633 g/mol. The monoisotopic (exact) mass is 634 g/mol. The number of rotatable bonds is 16. The van der Waals surface area contributed by atoms with E-state index in [1.807, 2.05) is 0 Å². The van der Waals surface area contributed by atoms with Gasteiger partial charge in [-0.05, 0) is 6.42 Å². The molecule has 0 aromatic carbocycles. The van der Waals surface area contributed by atoms with Crippen LogP contribution >= 0.6 is 0 Å². The van der Waals surface area contributed by atoms with Gasteiger partial charge < -0.3 is 5.11 Å². The van der Waals surface area contributed by atoms with Crippen LogP contribution in [0.2, 0.25) is 0 Å². The van der Waals surface area contributed by atoms with Crippen molar-refractivity contribution in [3.05, 3.63) is 0 Å². The molecule has 0 aromatic rings. The van der Waals surface area contributed by atoms with E-state index >= 15 is 0 Å². The van der Waals surface area contributed by atoms with E-state index in [-0.39, 0.29) is 76.2 Å². The van der Waals surface area contributed by atoms with Gasteiger partial charge in [-0.15, -0.1) is 0 Å². The topological polar surface area (TPSA) is 37.3 Å². The standard InChI is InChI=1S/C18H36O2.Ba.Pb.4H/c1-2-3-4-5-6-7-8-9-10-11-12-13-14-15-16-17-18(19)20;;;;;;/h2-17H2,1H3,(H,19,20);;;;;;. The van der Waals surface area contributed by atoms with E-state index in [1.165, 1.54) is 83.5 Å². The Hall–Kier alpha value is 1.96. The van der Waals surface area contributed by atoms with E-state index in [0.29, 0.717) is 6.42 Å². The second-order valence-corrected chi connectivity index (χ2v) is 6.09. The maximum absolute atomic E-state index is 10.3. The van der Waals surface area contributed by atoms with Crippen LogP contribution in [0.3, 0.4) is 0 Å². The van der Waals surface area contributed by atoms with E-state index in [0.717, 1.165) is 12.8 Å². The Morgan fingerprint density at radius 3 is 1.18 bits per heavy atom. The molecule has 2 nitrogen and oxygen atoms in total. The third-order valence-corrected chi connectivity index (χ3v) is 3.99. The maximum atomic E-state index is 10.3. The van der Waals surface area contributed by atoms with Crippen molar-refractivity contribution in [3.63, 3.8) is 0 Å². The van der Waals surface area contributed by atoms with Crippen molar-refractivity contribution in [2.45, 2.75) is 110 Å². The fourth-order valence-corrected chi connectivity index (χ4v) is 2.65. The van der Waals surface area contributed by atoms with E-state index in [1.54, 1.807) is 0 Å². The van der Waals surface area contributed by atoms with Crippen LogP contribution in [-0.4, -0.2) is 87.3 Å². The molecule has 0 saturated carbocycles. The first-order valence-electron chi connectivity index (χ1n) is 8.99. The molecule has 0 unspecified atom stereocenters. The number of carboxylic acid groups (broad SMARTS) is 1. The molecule has 0 fully saturated rings. The molecule has 0 aliphatic heterocycles. The quantitative estimate of drug-likeness (QED) is 0.201. The summed E-state index contributed by atoms with van der Waals surface area (Å²) in [7, 11) is 0. The molecule has 0 rings (SSSR count). The summed E-state index contributed by atoms with van der Waals surface area (Å²) < 4.78 is 0. The second kappa shape index (κ2) is 25.2. The normalized spacial score (nSPS) is 9.86. The van der Waals surface area contributed by atoms with Gasteiger partial charge >= 0.3 is 82.1 Å². The molecule has 0 aliphatic rings. The van der Waals surface area contributed by atoms with Crippen molar-refractivity contribution in [2.24, 2.45) is 0 Å². The minimum atomic E-state index is -0.653. The van der Waals surface area contributed by atoms with Gasteiger partial charge in [0.2, 0.25) is 0 Å². The van der Waals surface area contributed by atoms with E-state index in [9.17, 15) is 4.79 Å². The molecule has 0 bridgehead atoms. The van der Waals surface area contributed by atoms with Crippen LogP contribution in [0.1, 0.15) is 110 Å². The van der Waals surface area contributed by atoms with Crippen molar-refractivity contribution in [3.8, 4) is 0 Å². The summed E-state index contributed by atoms with van der Waals surface area (Å²) in [5.74, 6) is -0.653. The first kappa shape index (κ1) is 28.8. The average Bonchev–Trinajstić information content (AvgIpc) is 2.43. The van der Waals surface area contributed by atoms with Crippen LogP contribution in [0.5, 0.6) is 0 Å². The summed E-state index contributed by atoms with van der Waals surface area (Å²) in [6.07, 6.45) is 20.2. The molecule has 2 radical (unpaired) electrons. The van der Waals surface area contributed by atoms with E-state index < -0.39 is 5.97 Å². The van der Waals surface area contributed by atoms with E-state index in [4.69, 9.17) is 5.11 Å². The molecule has 0 atom stereocenters. The van der Waals surface area contributed by atoms with Crippen molar-refractivity contribution in [2.75, 3.05) is 0 Å². The molecule has 1 N–H and O–H groups in total. The third kappa shape index (κ3) is 26.8. The second-order valence-electron chi connectivity index (χ2n) is 6.09. The molecule has 130 valence electrons. The van der Waals surface area contributed by atoms with Crippen LogP contribution < -0.4 is 0 Å². The van der Waals surface area contributed by atoms with Crippen LogP contribution in [0, 0.1) is 0 Å². The number of unbranched alkanes of at least 4 members (excludes halogenated alkanes) is 14. The van der Waals surface area contributed by atoms with Crippen molar-refractivity contribution in [1.82, 2.24) is 0 Å². The third-order valence-electron chi connectivity index (χ3n) is 3.99. The number of hydrogen-bond acceptors (Lipinski definition) is 1. The van der Waals surface area contributed by atoms with Gasteiger partial charge in [0.05, 0.1) is 0 Å². The predicted octanol–water partition coefficient (Wildman–Crippen LogP) is 4.50. The predicted molar refractivity (Wildman–Crippen MR) is 104 cm³/mol. The fourth-order valence-electron chi connectivity index (χ4n) is 2.65. The van der Waals surface area contributed by atoms with Gasteiger partial charge in [0, 0.05) is 6.42 Å². The molecule has 22 heavy (non-hydrogen) atoms. The van der Waals surface area contributed by atoms with Gasteiger partial charge in [0.1, 0.15) is 0 Å². The molecular formula is C18H40BaO2Pb. The summed E-state index contributed by atoms with van der Waals surface area (Å²) in [6, 6.07) is 0. The SMILES string of the molecule is CCCCCCCCCCCCCCCCCC(=O)O.[BaH2].[PbH2]. The zero-order valence-corrected chi connectivity index (χ0v) is 19.9. The molecule has 0 saturated heterocycles. The van der Waals surface area contributed by atoms with Gasteiger partial charge in [-0.3, -0.25) is 4.79 Å². The Morgan fingerprint density at radius 2 is 0.909 bits per heavy atom. The molecule has 4 heteroatoms. The van der Waals surface area contributed by atoms with Crippen molar-refractivity contribution < 1.29 is 9.90 Å². The fraction of sp³-hybridized carbons (Fsp3) is 0.944. The summed E-state index contributed by atoms with van der Waals surface area (Å²) in [5, 5.41) is 8.52.